The number of pyridine rings is 1. The Bertz CT molecular complexity index is 657. The second-order valence-electron chi connectivity index (χ2n) is 3.72. The van der Waals surface area contributed by atoms with E-state index >= 15 is 0 Å². The summed E-state index contributed by atoms with van der Waals surface area (Å²) in [5.74, 6) is -0.723. The summed E-state index contributed by atoms with van der Waals surface area (Å²) in [4.78, 5) is 3.58. The average molecular weight is 316 g/mol. The molecular formula is C13H6Cl3FN2. The number of hydrogen-bond donors (Lipinski definition) is 0. The van der Waals surface area contributed by atoms with E-state index in [9.17, 15) is 4.39 Å². The smallest absolute Gasteiger partial charge is 0.221 e. The van der Waals surface area contributed by atoms with Crippen molar-refractivity contribution in [1.29, 1.82) is 5.26 Å². The molecule has 6 heteroatoms. The lowest BCUT2D eigenvalue weighted by molar-refractivity contribution is 0.586. The molecule has 96 valence electrons. The first-order valence-corrected chi connectivity index (χ1v) is 6.33. The summed E-state index contributed by atoms with van der Waals surface area (Å²) in [6, 6.07) is 6.45. The number of hydrogen-bond acceptors (Lipinski definition) is 2. The van der Waals surface area contributed by atoms with Crippen molar-refractivity contribution in [3.63, 3.8) is 0 Å². The van der Waals surface area contributed by atoms with Crippen molar-refractivity contribution < 1.29 is 4.39 Å². The fraction of sp³-hybridized carbons (Fsp3) is 0.0769. The maximum absolute atomic E-state index is 13.9. The van der Waals surface area contributed by atoms with Gasteiger partial charge >= 0.3 is 0 Å². The van der Waals surface area contributed by atoms with E-state index < -0.39 is 5.95 Å². The molecule has 0 atom stereocenters. The van der Waals surface area contributed by atoms with E-state index in [0.29, 0.717) is 16.1 Å². The predicted molar refractivity (Wildman–Crippen MR) is 74.0 cm³/mol. The van der Waals surface area contributed by atoms with Crippen molar-refractivity contribution in [3.8, 4) is 17.2 Å². The molecule has 2 nitrogen and oxygen atoms in total. The van der Waals surface area contributed by atoms with Crippen LogP contribution < -0.4 is 0 Å². The highest BCUT2D eigenvalue weighted by Crippen LogP contribution is 2.39. The van der Waals surface area contributed by atoms with E-state index in [1.165, 1.54) is 18.3 Å². The molecule has 0 aliphatic carbocycles. The van der Waals surface area contributed by atoms with Gasteiger partial charge < -0.3 is 0 Å². The largest absolute Gasteiger partial charge is 0.228 e. The standard InChI is InChI=1S/C13H6Cl3FN2/c14-8-5-9(15)12(10(16)6-8)11-7(1-3-18)2-4-19-13(11)17/h2,4-6H,1H2. The van der Waals surface area contributed by atoms with Crippen LogP contribution in [0.15, 0.2) is 24.4 Å². The monoisotopic (exact) mass is 314 g/mol. The van der Waals surface area contributed by atoms with Gasteiger partial charge in [-0.3, -0.25) is 0 Å². The van der Waals surface area contributed by atoms with E-state index in [0.717, 1.165) is 0 Å². The molecule has 1 aromatic heterocycles. The molecule has 19 heavy (non-hydrogen) atoms. The summed E-state index contributed by atoms with van der Waals surface area (Å²) in [5.41, 5.74) is 0.903. The topological polar surface area (TPSA) is 36.7 Å². The molecule has 1 aromatic carbocycles. The summed E-state index contributed by atoms with van der Waals surface area (Å²) < 4.78 is 13.9. The Labute approximate surface area is 124 Å². The Hall–Kier alpha value is -1.34. The minimum Gasteiger partial charge on any atom is -0.228 e. The second-order valence-corrected chi connectivity index (χ2v) is 4.97. The molecule has 2 rings (SSSR count). The molecule has 0 aliphatic rings. The van der Waals surface area contributed by atoms with Crippen molar-refractivity contribution in [3.05, 3.63) is 51.0 Å². The maximum atomic E-state index is 13.9. The SMILES string of the molecule is N#CCc1ccnc(F)c1-c1c(Cl)cc(Cl)cc1Cl. The Kier molecular flexibility index (Phi) is 4.26. The van der Waals surface area contributed by atoms with Crippen LogP contribution in [-0.2, 0) is 6.42 Å². The van der Waals surface area contributed by atoms with Gasteiger partial charge in [0.1, 0.15) is 0 Å². The number of nitrogens with zero attached hydrogens (tertiary/aromatic N) is 2. The van der Waals surface area contributed by atoms with E-state index in [-0.39, 0.29) is 22.0 Å². The van der Waals surface area contributed by atoms with E-state index in [1.54, 1.807) is 6.07 Å². The van der Waals surface area contributed by atoms with Gasteiger partial charge in [-0.05, 0) is 23.8 Å². The van der Waals surface area contributed by atoms with Gasteiger partial charge in [0.05, 0.1) is 22.5 Å². The molecule has 0 amide bonds. The van der Waals surface area contributed by atoms with Crippen molar-refractivity contribution >= 4 is 34.8 Å². The summed E-state index contributed by atoms with van der Waals surface area (Å²) in [6.07, 6.45) is 1.33. The van der Waals surface area contributed by atoms with Gasteiger partial charge in [0.2, 0.25) is 5.95 Å². The number of benzene rings is 1. The molecule has 1 heterocycles. The maximum Gasteiger partial charge on any atom is 0.221 e. The summed E-state index contributed by atoms with van der Waals surface area (Å²) in [7, 11) is 0. The van der Waals surface area contributed by atoms with Gasteiger partial charge in [-0.2, -0.15) is 9.65 Å². The third-order valence-electron chi connectivity index (χ3n) is 2.52. The predicted octanol–water partition coefficient (Wildman–Crippen LogP) is 4.91. The van der Waals surface area contributed by atoms with Crippen molar-refractivity contribution in [1.82, 2.24) is 4.98 Å². The molecule has 0 saturated carbocycles. The van der Waals surface area contributed by atoms with Gasteiger partial charge in [0.15, 0.2) is 0 Å². The fourth-order valence-electron chi connectivity index (χ4n) is 1.75. The van der Waals surface area contributed by atoms with E-state index in [2.05, 4.69) is 4.98 Å². The zero-order valence-electron chi connectivity index (χ0n) is 9.42. The first kappa shape index (κ1) is 14.1. The van der Waals surface area contributed by atoms with Crippen LogP contribution in [0.5, 0.6) is 0 Å². The average Bonchev–Trinajstić information content (AvgIpc) is 2.31. The zero-order valence-corrected chi connectivity index (χ0v) is 11.7. The second kappa shape index (κ2) is 5.75. The van der Waals surface area contributed by atoms with E-state index in [4.69, 9.17) is 40.1 Å². The highest BCUT2D eigenvalue weighted by molar-refractivity contribution is 6.41. The Morgan fingerprint density at radius 1 is 1.16 bits per heavy atom. The Morgan fingerprint density at radius 3 is 2.37 bits per heavy atom. The first-order chi connectivity index (χ1) is 9.04. The minimum atomic E-state index is -0.723. The zero-order chi connectivity index (χ0) is 14.0. The Balaban J connectivity index is 2.76. The van der Waals surface area contributed by atoms with E-state index in [1.807, 2.05) is 6.07 Å². The molecule has 0 saturated heterocycles. The third-order valence-corrected chi connectivity index (χ3v) is 3.33. The quantitative estimate of drug-likeness (QED) is 0.738. The lowest BCUT2D eigenvalue weighted by atomic mass is 10.00. The van der Waals surface area contributed by atoms with Crippen LogP contribution in [0.1, 0.15) is 5.56 Å². The van der Waals surface area contributed by atoms with Crippen LogP contribution in [0.4, 0.5) is 4.39 Å². The van der Waals surface area contributed by atoms with Gasteiger partial charge in [-0.1, -0.05) is 34.8 Å². The number of nitriles is 1. The molecule has 2 aromatic rings. The highest BCUT2D eigenvalue weighted by atomic mass is 35.5. The summed E-state index contributed by atoms with van der Waals surface area (Å²) in [5, 5.41) is 9.56. The number of halogens is 4. The first-order valence-electron chi connectivity index (χ1n) is 5.20. The lowest BCUT2D eigenvalue weighted by Crippen LogP contribution is -1.97. The Morgan fingerprint density at radius 2 is 1.79 bits per heavy atom. The molecular weight excluding hydrogens is 310 g/mol. The van der Waals surface area contributed by atoms with Crippen LogP contribution in [0, 0.1) is 17.3 Å². The van der Waals surface area contributed by atoms with Crippen LogP contribution in [0.3, 0.4) is 0 Å². The van der Waals surface area contributed by atoms with Crippen molar-refractivity contribution in [2.24, 2.45) is 0 Å². The van der Waals surface area contributed by atoms with Gasteiger partial charge in [-0.25, -0.2) is 4.98 Å². The van der Waals surface area contributed by atoms with Crippen LogP contribution >= 0.6 is 34.8 Å². The van der Waals surface area contributed by atoms with Crippen molar-refractivity contribution in [2.45, 2.75) is 6.42 Å². The summed E-state index contributed by atoms with van der Waals surface area (Å²) in [6.45, 7) is 0. The molecule has 0 fully saturated rings. The molecule has 0 N–H and O–H groups in total. The van der Waals surface area contributed by atoms with Crippen LogP contribution in [-0.4, -0.2) is 4.98 Å². The highest BCUT2D eigenvalue weighted by Gasteiger charge is 2.18. The van der Waals surface area contributed by atoms with Gasteiger partial charge in [-0.15, -0.1) is 0 Å². The normalized spacial score (nSPS) is 10.3. The van der Waals surface area contributed by atoms with Crippen LogP contribution in [0.25, 0.3) is 11.1 Å². The molecule has 0 unspecified atom stereocenters. The van der Waals surface area contributed by atoms with Gasteiger partial charge in [0.25, 0.3) is 0 Å². The third kappa shape index (κ3) is 2.82. The van der Waals surface area contributed by atoms with Crippen molar-refractivity contribution in [2.75, 3.05) is 0 Å². The number of rotatable bonds is 2. The fourth-order valence-corrected chi connectivity index (χ4v) is 2.76. The molecule has 0 bridgehead atoms. The summed E-state index contributed by atoms with van der Waals surface area (Å²) >= 11 is 18.0. The minimum absolute atomic E-state index is 0.0318. The molecule has 0 aliphatic heterocycles. The van der Waals surface area contributed by atoms with Gasteiger partial charge in [0, 0.05) is 22.3 Å². The molecule has 0 spiro atoms. The van der Waals surface area contributed by atoms with Crippen LogP contribution in [0.2, 0.25) is 15.1 Å². The molecule has 0 radical (unpaired) electrons. The number of aromatic nitrogens is 1. The lowest BCUT2D eigenvalue weighted by Gasteiger charge is -2.12.